The molecule has 6 heteroatoms. The highest BCUT2D eigenvalue weighted by molar-refractivity contribution is 7.83. The molecule has 0 radical (unpaired) electrons. The van der Waals surface area contributed by atoms with Crippen LogP contribution in [0, 0.1) is 5.92 Å². The molecular weight excluding hydrogens is 308 g/mol. The molecule has 120 valence electrons. The SMILES string of the molecule is CC(C)C(C)(CN)NC(=O)c1cccc(CS(C)=O)c1.Cl. The van der Waals surface area contributed by atoms with Crippen molar-refractivity contribution >= 4 is 29.1 Å². The smallest absolute Gasteiger partial charge is 0.251 e. The van der Waals surface area contributed by atoms with Crippen LogP contribution in [0.2, 0.25) is 0 Å². The molecule has 1 amide bonds. The third kappa shape index (κ3) is 5.77. The number of carbonyl (C=O) groups excluding carboxylic acids is 1. The van der Waals surface area contributed by atoms with E-state index in [-0.39, 0.29) is 24.2 Å². The molecule has 0 aliphatic heterocycles. The second-order valence-corrected chi connectivity index (χ2v) is 7.08. The third-order valence-corrected chi connectivity index (χ3v) is 4.40. The zero-order valence-corrected chi connectivity index (χ0v) is 14.6. The maximum atomic E-state index is 12.3. The summed E-state index contributed by atoms with van der Waals surface area (Å²) in [6.07, 6.45) is 1.65. The number of amides is 1. The van der Waals surface area contributed by atoms with Gasteiger partial charge in [0.15, 0.2) is 0 Å². The van der Waals surface area contributed by atoms with E-state index in [1.54, 1.807) is 18.4 Å². The molecule has 3 N–H and O–H groups in total. The normalized spacial score (nSPS) is 15.0. The maximum absolute atomic E-state index is 12.3. The zero-order chi connectivity index (χ0) is 15.3. The lowest BCUT2D eigenvalue weighted by Gasteiger charge is -2.33. The third-order valence-electron chi connectivity index (χ3n) is 3.66. The van der Waals surface area contributed by atoms with E-state index in [1.165, 1.54) is 0 Å². The van der Waals surface area contributed by atoms with Gasteiger partial charge in [0.25, 0.3) is 5.91 Å². The first-order valence-corrected chi connectivity index (χ1v) is 8.42. The van der Waals surface area contributed by atoms with Gasteiger partial charge in [-0.3, -0.25) is 9.00 Å². The molecule has 0 saturated heterocycles. The predicted octanol–water partition coefficient (Wildman–Crippen LogP) is 2.09. The lowest BCUT2D eigenvalue weighted by atomic mass is 9.88. The summed E-state index contributed by atoms with van der Waals surface area (Å²) in [5, 5.41) is 3.00. The summed E-state index contributed by atoms with van der Waals surface area (Å²) >= 11 is 0. The number of nitrogens with two attached hydrogens (primary N) is 1. The molecule has 0 spiro atoms. The monoisotopic (exact) mass is 332 g/mol. The summed E-state index contributed by atoms with van der Waals surface area (Å²) in [6, 6.07) is 7.23. The summed E-state index contributed by atoms with van der Waals surface area (Å²) in [6.45, 7) is 6.39. The van der Waals surface area contributed by atoms with E-state index in [9.17, 15) is 9.00 Å². The van der Waals surface area contributed by atoms with Crippen LogP contribution in [-0.2, 0) is 16.6 Å². The highest BCUT2D eigenvalue weighted by Gasteiger charge is 2.28. The Balaban J connectivity index is 0.00000400. The highest BCUT2D eigenvalue weighted by Crippen LogP contribution is 2.16. The summed E-state index contributed by atoms with van der Waals surface area (Å²) in [4.78, 5) is 12.3. The van der Waals surface area contributed by atoms with Gasteiger partial charge in [-0.25, -0.2) is 0 Å². The van der Waals surface area contributed by atoms with Crippen LogP contribution in [0.1, 0.15) is 36.7 Å². The fourth-order valence-corrected chi connectivity index (χ4v) is 2.45. The van der Waals surface area contributed by atoms with Crippen molar-refractivity contribution < 1.29 is 9.00 Å². The van der Waals surface area contributed by atoms with E-state index in [2.05, 4.69) is 5.32 Å². The van der Waals surface area contributed by atoms with Gasteiger partial charge in [0, 0.05) is 34.9 Å². The fraction of sp³-hybridized carbons (Fsp3) is 0.533. The second kappa shape index (κ2) is 8.51. The molecule has 1 aromatic carbocycles. The average molecular weight is 333 g/mol. The molecule has 0 aromatic heterocycles. The van der Waals surface area contributed by atoms with Crippen molar-refractivity contribution in [3.8, 4) is 0 Å². The molecule has 2 atom stereocenters. The fourth-order valence-electron chi connectivity index (χ4n) is 1.80. The molecule has 2 unspecified atom stereocenters. The molecule has 21 heavy (non-hydrogen) atoms. The van der Waals surface area contributed by atoms with Crippen LogP contribution in [0.25, 0.3) is 0 Å². The average Bonchev–Trinajstić information content (AvgIpc) is 2.37. The van der Waals surface area contributed by atoms with Crippen LogP contribution in [0.15, 0.2) is 24.3 Å². The standard InChI is InChI=1S/C15H24N2O2S.ClH/c1-11(2)15(3,10-16)17-14(18)13-7-5-6-12(8-13)9-20(4)19;/h5-8,11H,9-10,16H2,1-4H3,(H,17,18);1H. The molecule has 4 nitrogen and oxygen atoms in total. The molecule has 0 fully saturated rings. The van der Waals surface area contributed by atoms with Crippen molar-refractivity contribution in [1.82, 2.24) is 5.32 Å². The van der Waals surface area contributed by atoms with Crippen molar-refractivity contribution in [1.29, 1.82) is 0 Å². The van der Waals surface area contributed by atoms with Crippen LogP contribution in [0.5, 0.6) is 0 Å². The number of rotatable bonds is 6. The Bertz CT molecular complexity index is 508. The van der Waals surface area contributed by atoms with Crippen LogP contribution in [0.4, 0.5) is 0 Å². The van der Waals surface area contributed by atoms with Gasteiger partial charge >= 0.3 is 0 Å². The van der Waals surface area contributed by atoms with E-state index < -0.39 is 16.3 Å². The zero-order valence-electron chi connectivity index (χ0n) is 13.0. The summed E-state index contributed by atoms with van der Waals surface area (Å²) in [5.74, 6) is 0.553. The Morgan fingerprint density at radius 1 is 1.43 bits per heavy atom. The van der Waals surface area contributed by atoms with Crippen LogP contribution in [0.3, 0.4) is 0 Å². The number of hydrogen-bond donors (Lipinski definition) is 2. The Kier molecular flexibility index (Phi) is 8.14. The van der Waals surface area contributed by atoms with Gasteiger partial charge in [-0.05, 0) is 30.5 Å². The maximum Gasteiger partial charge on any atom is 0.251 e. The van der Waals surface area contributed by atoms with Gasteiger partial charge in [-0.1, -0.05) is 26.0 Å². The van der Waals surface area contributed by atoms with Crippen molar-refractivity contribution in [3.63, 3.8) is 0 Å². The second-order valence-electron chi connectivity index (χ2n) is 5.65. The molecule has 0 aliphatic carbocycles. The topological polar surface area (TPSA) is 72.2 Å². The van der Waals surface area contributed by atoms with Gasteiger partial charge in [0.05, 0.1) is 5.54 Å². The van der Waals surface area contributed by atoms with E-state index in [0.717, 1.165) is 5.56 Å². The van der Waals surface area contributed by atoms with Crippen LogP contribution < -0.4 is 11.1 Å². The predicted molar refractivity (Wildman–Crippen MR) is 91.2 cm³/mol. The first kappa shape index (κ1) is 20.1. The summed E-state index contributed by atoms with van der Waals surface area (Å²) in [7, 11) is -0.918. The minimum Gasteiger partial charge on any atom is -0.345 e. The molecule has 0 bridgehead atoms. The van der Waals surface area contributed by atoms with Crippen LogP contribution in [-0.4, -0.2) is 28.5 Å². The highest BCUT2D eigenvalue weighted by atomic mass is 35.5. The van der Waals surface area contributed by atoms with Gasteiger partial charge in [0.1, 0.15) is 0 Å². The minimum absolute atomic E-state index is 0. The van der Waals surface area contributed by atoms with E-state index in [1.807, 2.05) is 32.9 Å². The number of carbonyl (C=O) groups is 1. The largest absolute Gasteiger partial charge is 0.345 e. The molecular formula is C15H25ClN2O2S. The molecule has 0 heterocycles. The van der Waals surface area contributed by atoms with Gasteiger partial charge in [-0.2, -0.15) is 0 Å². The summed E-state index contributed by atoms with van der Waals surface area (Å²) in [5.41, 5.74) is 6.82. The Morgan fingerprint density at radius 3 is 2.52 bits per heavy atom. The number of benzene rings is 1. The molecule has 1 rings (SSSR count). The Labute approximate surface area is 135 Å². The number of hydrogen-bond acceptors (Lipinski definition) is 3. The Morgan fingerprint density at radius 2 is 2.05 bits per heavy atom. The lowest BCUT2D eigenvalue weighted by molar-refractivity contribution is 0.0883. The molecule has 0 aliphatic rings. The first-order valence-electron chi connectivity index (χ1n) is 6.70. The van der Waals surface area contributed by atoms with Crippen LogP contribution >= 0.6 is 12.4 Å². The number of halogens is 1. The quantitative estimate of drug-likeness (QED) is 0.837. The van der Waals surface area contributed by atoms with E-state index in [0.29, 0.717) is 17.9 Å². The van der Waals surface area contributed by atoms with Crippen molar-refractivity contribution in [2.75, 3.05) is 12.8 Å². The lowest BCUT2D eigenvalue weighted by Crippen LogP contribution is -2.55. The van der Waals surface area contributed by atoms with Crippen molar-refractivity contribution in [2.24, 2.45) is 11.7 Å². The van der Waals surface area contributed by atoms with Gasteiger partial charge < -0.3 is 11.1 Å². The van der Waals surface area contributed by atoms with Crippen molar-refractivity contribution in [3.05, 3.63) is 35.4 Å². The molecule has 0 saturated carbocycles. The van der Waals surface area contributed by atoms with Gasteiger partial charge in [0.2, 0.25) is 0 Å². The summed E-state index contributed by atoms with van der Waals surface area (Å²) < 4.78 is 11.3. The first-order chi connectivity index (χ1) is 9.28. The minimum atomic E-state index is -0.918. The number of nitrogens with one attached hydrogen (secondary N) is 1. The van der Waals surface area contributed by atoms with E-state index in [4.69, 9.17) is 5.73 Å². The molecule has 1 aromatic rings. The Hall–Kier alpha value is -0.910. The van der Waals surface area contributed by atoms with Gasteiger partial charge in [-0.15, -0.1) is 12.4 Å². The van der Waals surface area contributed by atoms with Crippen molar-refractivity contribution in [2.45, 2.75) is 32.1 Å². The van der Waals surface area contributed by atoms with E-state index >= 15 is 0 Å².